The lowest BCUT2D eigenvalue weighted by Crippen LogP contribution is -2.60. The van der Waals surface area contributed by atoms with Crippen LogP contribution in [0.4, 0.5) is 9.18 Å². The highest BCUT2D eigenvalue weighted by atomic mass is 32.2. The second-order valence-electron chi connectivity index (χ2n) is 15.4. The topological polar surface area (TPSA) is 182 Å². The highest BCUT2D eigenvalue weighted by Crippen LogP contribution is 2.45. The molecule has 16 heteroatoms. The molecule has 0 unspecified atom stereocenters. The van der Waals surface area contributed by atoms with Gasteiger partial charge in [-0.2, -0.15) is 0 Å². The van der Waals surface area contributed by atoms with Crippen molar-refractivity contribution in [3.05, 3.63) is 42.9 Å². The van der Waals surface area contributed by atoms with Crippen LogP contribution in [0.3, 0.4) is 0 Å². The first kappa shape index (κ1) is 37.8. The van der Waals surface area contributed by atoms with E-state index < -0.39 is 85.6 Å². The van der Waals surface area contributed by atoms with Gasteiger partial charge in [0, 0.05) is 29.3 Å². The maximum Gasteiger partial charge on any atom is 0.408 e. The van der Waals surface area contributed by atoms with Gasteiger partial charge >= 0.3 is 6.09 Å². The summed E-state index contributed by atoms with van der Waals surface area (Å²) in [5.41, 5.74) is -3.31. The molecule has 5 atom stereocenters. The number of sulfonamides is 1. The molecule has 0 spiro atoms. The van der Waals surface area contributed by atoms with E-state index in [0.717, 1.165) is 0 Å². The van der Waals surface area contributed by atoms with E-state index in [9.17, 15) is 27.6 Å². The number of carbonyl (C=O) groups is 4. The van der Waals surface area contributed by atoms with E-state index >= 15 is 4.39 Å². The summed E-state index contributed by atoms with van der Waals surface area (Å²) in [5.74, 6) is -3.32. The Morgan fingerprint density at radius 1 is 1.10 bits per heavy atom. The number of carbonyl (C=O) groups excluding carboxylic acids is 4. The molecule has 3 fully saturated rings. The third kappa shape index (κ3) is 8.05. The zero-order valence-corrected chi connectivity index (χ0v) is 30.7. The van der Waals surface area contributed by atoms with E-state index in [1.165, 1.54) is 36.4 Å². The van der Waals surface area contributed by atoms with Crippen molar-refractivity contribution >= 4 is 44.6 Å². The first-order valence-corrected chi connectivity index (χ1v) is 18.3. The van der Waals surface area contributed by atoms with Crippen LogP contribution in [0.1, 0.15) is 67.2 Å². The van der Waals surface area contributed by atoms with Gasteiger partial charge in [-0.25, -0.2) is 22.6 Å². The van der Waals surface area contributed by atoms with Gasteiger partial charge in [-0.3, -0.25) is 19.1 Å². The van der Waals surface area contributed by atoms with E-state index in [1.54, 1.807) is 47.6 Å². The molecule has 0 radical (unpaired) electrons. The van der Waals surface area contributed by atoms with Gasteiger partial charge in [0.2, 0.25) is 27.7 Å². The van der Waals surface area contributed by atoms with Gasteiger partial charge in [0.1, 0.15) is 29.3 Å². The van der Waals surface area contributed by atoms with E-state index in [2.05, 4.69) is 26.9 Å². The van der Waals surface area contributed by atoms with Crippen molar-refractivity contribution < 1.29 is 46.2 Å². The largest absolute Gasteiger partial charge is 0.494 e. The summed E-state index contributed by atoms with van der Waals surface area (Å²) < 4.78 is 59.3. The van der Waals surface area contributed by atoms with Crippen LogP contribution in [-0.2, 0) is 29.1 Å². The van der Waals surface area contributed by atoms with Gasteiger partial charge < -0.3 is 29.7 Å². The zero-order valence-electron chi connectivity index (χ0n) is 29.9. The monoisotopic (exact) mass is 731 g/mol. The molecule has 0 bridgehead atoms. The summed E-state index contributed by atoms with van der Waals surface area (Å²) in [6.07, 6.45) is 2.06. The summed E-state index contributed by atoms with van der Waals surface area (Å²) in [4.78, 5) is 60.5. The van der Waals surface area contributed by atoms with Crippen LogP contribution in [0.2, 0.25) is 0 Å². The molecule has 1 saturated heterocycles. The van der Waals surface area contributed by atoms with Crippen LogP contribution in [0.5, 0.6) is 11.6 Å². The quantitative estimate of drug-likeness (QED) is 0.290. The maximum atomic E-state index is 15.1. The number of ether oxygens (including phenoxy) is 3. The molecule has 5 rings (SSSR count). The highest BCUT2D eigenvalue weighted by molar-refractivity contribution is 7.91. The molecule has 2 saturated carbocycles. The Hall–Kier alpha value is -4.47. The first-order chi connectivity index (χ1) is 23.7. The number of methoxy groups -OCH3 is 1. The van der Waals surface area contributed by atoms with Crippen LogP contribution < -0.4 is 24.8 Å². The molecule has 2 aliphatic carbocycles. The maximum absolute atomic E-state index is 15.1. The fraction of sp³-hybridized carbons (Fsp3) is 0.571. The molecule has 3 N–H and O–H groups in total. The fourth-order valence-corrected chi connectivity index (χ4v) is 7.58. The summed E-state index contributed by atoms with van der Waals surface area (Å²) in [5, 5.41) is 5.25. The van der Waals surface area contributed by atoms with Crippen molar-refractivity contribution in [2.75, 3.05) is 13.7 Å². The third-order valence-electron chi connectivity index (χ3n) is 9.18. The van der Waals surface area contributed by atoms with Crippen molar-refractivity contribution in [1.82, 2.24) is 25.2 Å². The highest BCUT2D eigenvalue weighted by Gasteiger charge is 2.62. The van der Waals surface area contributed by atoms with Crippen molar-refractivity contribution in [2.24, 2.45) is 11.3 Å². The Kier molecular flexibility index (Phi) is 10.1. The number of alkyl carbamates (subject to hydrolysis) is 1. The van der Waals surface area contributed by atoms with Crippen LogP contribution in [-0.4, -0.2) is 90.3 Å². The number of nitrogens with one attached hydrogen (secondary N) is 3. The SMILES string of the molecule is C=C[C@@H]1C[C@]1(NC(=O)[C@@H]1C[C@@H](Oc2nccc3c(F)c(OC)ccc23)CN1C(=O)[C@@H](NC(=O)OC(C)(C)C)C(C)(C)C)C(=O)NS(=O)(=O)C1CC1. The number of hydrogen-bond acceptors (Lipinski definition) is 10. The van der Waals surface area contributed by atoms with Crippen LogP contribution in [0.15, 0.2) is 37.1 Å². The van der Waals surface area contributed by atoms with Gasteiger partial charge in [-0.1, -0.05) is 26.8 Å². The van der Waals surface area contributed by atoms with Gasteiger partial charge in [0.25, 0.3) is 5.91 Å². The van der Waals surface area contributed by atoms with Gasteiger partial charge in [-0.15, -0.1) is 6.58 Å². The second-order valence-corrected chi connectivity index (χ2v) is 17.4. The average molecular weight is 732 g/mol. The number of likely N-dealkylation sites (tertiary alicyclic amines) is 1. The van der Waals surface area contributed by atoms with Crippen LogP contribution in [0, 0.1) is 17.2 Å². The molecule has 2 heterocycles. The van der Waals surface area contributed by atoms with E-state index in [0.29, 0.717) is 18.2 Å². The number of benzene rings is 1. The molecular weight excluding hydrogens is 685 g/mol. The Labute approximate surface area is 296 Å². The van der Waals surface area contributed by atoms with Crippen molar-refractivity contribution in [3.8, 4) is 11.6 Å². The average Bonchev–Trinajstić information content (AvgIpc) is 3.95. The van der Waals surface area contributed by atoms with E-state index in [4.69, 9.17) is 14.2 Å². The van der Waals surface area contributed by atoms with E-state index in [-0.39, 0.29) is 36.4 Å². The minimum Gasteiger partial charge on any atom is -0.494 e. The summed E-state index contributed by atoms with van der Waals surface area (Å²) in [7, 11) is -2.58. The van der Waals surface area contributed by atoms with Crippen molar-refractivity contribution in [2.45, 2.75) is 102 Å². The molecule has 2 aromatic rings. The fourth-order valence-electron chi connectivity index (χ4n) is 6.21. The lowest BCUT2D eigenvalue weighted by atomic mass is 9.85. The molecule has 51 heavy (non-hydrogen) atoms. The van der Waals surface area contributed by atoms with Crippen molar-refractivity contribution in [3.63, 3.8) is 0 Å². The number of amides is 4. The first-order valence-electron chi connectivity index (χ1n) is 16.8. The number of rotatable bonds is 11. The summed E-state index contributed by atoms with van der Waals surface area (Å²) >= 11 is 0. The number of halogens is 1. The van der Waals surface area contributed by atoms with Gasteiger partial charge in [0.15, 0.2) is 11.6 Å². The van der Waals surface area contributed by atoms with Gasteiger partial charge in [-0.05, 0) is 63.6 Å². The number of aromatic nitrogens is 1. The number of fused-ring (bicyclic) bond motifs is 1. The molecular formula is C35H46FN5O9S. The Morgan fingerprint density at radius 3 is 2.35 bits per heavy atom. The molecule has 278 valence electrons. The Bertz CT molecular complexity index is 1850. The normalized spacial score (nSPS) is 23.9. The number of pyridine rings is 1. The standard InChI is InChI=1S/C35H46FN5O9S/c1-9-19-17-35(19,31(44)40-51(46,47)21-10-11-21)39-28(42)24-16-20(49-29-23-12-13-25(48-8)26(36)22(23)14-15-37-29)18-41(24)30(43)27(33(2,3)4)38-32(45)50-34(5,6)7/h9,12-15,19-21,24,27H,1,10-11,16-18H2,2-8H3,(H,38,45)(H,39,42)(H,40,44)/t19-,20-,24+,27-,35-/m1/s1. The predicted molar refractivity (Wildman–Crippen MR) is 185 cm³/mol. The molecule has 1 aromatic carbocycles. The Balaban J connectivity index is 1.46. The predicted octanol–water partition coefficient (Wildman–Crippen LogP) is 3.34. The van der Waals surface area contributed by atoms with Crippen LogP contribution in [0.25, 0.3) is 10.8 Å². The van der Waals surface area contributed by atoms with Gasteiger partial charge in [0.05, 0.1) is 18.9 Å². The van der Waals surface area contributed by atoms with E-state index in [1.807, 2.05) is 0 Å². The molecule has 14 nitrogen and oxygen atoms in total. The van der Waals surface area contributed by atoms with Crippen molar-refractivity contribution in [1.29, 1.82) is 0 Å². The smallest absolute Gasteiger partial charge is 0.408 e. The second kappa shape index (κ2) is 13.6. The zero-order chi connectivity index (χ0) is 37.7. The minimum atomic E-state index is -3.92. The summed E-state index contributed by atoms with van der Waals surface area (Å²) in [6.45, 7) is 13.9. The molecule has 1 aromatic heterocycles. The number of nitrogens with zero attached hydrogens (tertiary/aromatic N) is 2. The lowest BCUT2D eigenvalue weighted by Gasteiger charge is -2.36. The minimum absolute atomic E-state index is 0.0283. The summed E-state index contributed by atoms with van der Waals surface area (Å²) in [6, 6.07) is 2.10. The van der Waals surface area contributed by atoms with Crippen LogP contribution >= 0.6 is 0 Å². The number of hydrogen-bond donors (Lipinski definition) is 3. The lowest BCUT2D eigenvalue weighted by molar-refractivity contribution is -0.143. The molecule has 4 amide bonds. The molecule has 3 aliphatic rings. The molecule has 1 aliphatic heterocycles. The Morgan fingerprint density at radius 2 is 1.78 bits per heavy atom. The third-order valence-corrected chi connectivity index (χ3v) is 11.0.